The highest BCUT2D eigenvalue weighted by atomic mass is 32.2. The fourth-order valence-electron chi connectivity index (χ4n) is 11.7. The van der Waals surface area contributed by atoms with Crippen LogP contribution in [-0.2, 0) is 6.54 Å². The molecule has 364 valence electrons. The Morgan fingerprint density at radius 2 is 1.67 bits per heavy atom. The van der Waals surface area contributed by atoms with Crippen LogP contribution in [0.1, 0.15) is 101 Å². The van der Waals surface area contributed by atoms with Gasteiger partial charge in [0, 0.05) is 86.1 Å². The second-order valence-corrected chi connectivity index (χ2v) is 22.1. The molecule has 2 saturated carbocycles. The molecule has 1 spiro atoms. The molecule has 0 bridgehead atoms. The van der Waals surface area contributed by atoms with Gasteiger partial charge in [-0.15, -0.1) is 0 Å². The predicted molar refractivity (Wildman–Crippen MR) is 280 cm³/mol. The highest BCUT2D eigenvalue weighted by molar-refractivity contribution is 7.99. The first-order valence-corrected chi connectivity index (χ1v) is 26.1. The van der Waals surface area contributed by atoms with Crippen LogP contribution in [0, 0.1) is 11.3 Å². The number of aliphatic hydroxyl groups is 1. The van der Waals surface area contributed by atoms with Crippen LogP contribution in [-0.4, -0.2) is 90.0 Å². The average molecular weight is 950 g/mol. The molecule has 69 heavy (non-hydrogen) atoms. The van der Waals surface area contributed by atoms with Gasteiger partial charge in [-0.25, -0.2) is 4.98 Å². The normalized spacial score (nSPS) is 22.2. The minimum atomic E-state index is -0.530. The molecule has 4 aliphatic rings. The summed E-state index contributed by atoms with van der Waals surface area (Å²) in [7, 11) is 3.41. The molecule has 0 unspecified atom stereocenters. The number of hydrogen-bond acceptors (Lipinski definition) is 11. The molecule has 2 saturated heterocycles. The number of anilines is 3. The molecule has 12 heteroatoms. The minimum absolute atomic E-state index is 0.348. The Hall–Kier alpha value is -5.40. The maximum absolute atomic E-state index is 10.4. The van der Waals surface area contributed by atoms with Crippen LogP contribution < -0.4 is 30.2 Å². The zero-order chi connectivity index (χ0) is 47.7. The summed E-state index contributed by atoms with van der Waals surface area (Å²) in [6, 6.07) is 33.5. The summed E-state index contributed by atoms with van der Waals surface area (Å²) in [5.74, 6) is 4.07. The van der Waals surface area contributed by atoms with Gasteiger partial charge in [0.05, 0.1) is 42.3 Å². The number of ether oxygens (including phenoxy) is 3. The van der Waals surface area contributed by atoms with E-state index in [9.17, 15) is 5.11 Å². The standard InChI is InChI=1S/C57H71N7O4S/c1-38(2)46-8-6-7-9-47(46)50-37-62(36-40-10-14-51(66-4)52(28-40)67-5)26-27-64(50)43-32-57(33-43)21-24-63(25-22-57)42-11-15-54(53(30-42)68-44-29-41-18-23-59-55(41)61-35-44)69-45-12-13-49(48(58)31-45)60-34-39-16-19-56(3,65)20-17-39/h6-15,18,23,28-31,35,38-39,43,50,60,65H,16-17,19-22,24-27,32-34,36-37,58H2,1-5H3,(H,59,61)/t39-,50-,56-/m0/s1. The van der Waals surface area contributed by atoms with Crippen molar-refractivity contribution in [2.24, 2.45) is 11.3 Å². The Kier molecular flexibility index (Phi) is 13.8. The zero-order valence-electron chi connectivity index (χ0n) is 41.2. The summed E-state index contributed by atoms with van der Waals surface area (Å²) < 4.78 is 18.0. The zero-order valence-corrected chi connectivity index (χ0v) is 42.0. The number of pyridine rings is 1. The van der Waals surface area contributed by atoms with Crippen molar-refractivity contribution in [1.82, 2.24) is 19.8 Å². The van der Waals surface area contributed by atoms with Gasteiger partial charge < -0.3 is 40.3 Å². The summed E-state index contributed by atoms with van der Waals surface area (Å²) >= 11 is 1.67. The molecule has 4 aromatic carbocycles. The fourth-order valence-corrected chi connectivity index (χ4v) is 12.6. The number of methoxy groups -OCH3 is 2. The van der Waals surface area contributed by atoms with Gasteiger partial charge in [0.1, 0.15) is 17.1 Å². The van der Waals surface area contributed by atoms with Crippen molar-refractivity contribution in [3.05, 3.63) is 120 Å². The molecule has 2 aliphatic heterocycles. The van der Waals surface area contributed by atoms with E-state index in [1.807, 2.05) is 31.3 Å². The fraction of sp³-hybridized carbons (Fsp3) is 0.456. The van der Waals surface area contributed by atoms with Gasteiger partial charge in [0.25, 0.3) is 0 Å². The van der Waals surface area contributed by atoms with Crippen molar-refractivity contribution in [2.75, 3.05) is 69.4 Å². The van der Waals surface area contributed by atoms with E-state index < -0.39 is 5.60 Å². The average Bonchev–Trinajstić information content (AvgIpc) is 3.82. The van der Waals surface area contributed by atoms with E-state index in [-0.39, 0.29) is 0 Å². The quantitative estimate of drug-likeness (QED) is 0.0736. The van der Waals surface area contributed by atoms with Crippen molar-refractivity contribution in [3.8, 4) is 23.0 Å². The van der Waals surface area contributed by atoms with Crippen molar-refractivity contribution in [3.63, 3.8) is 0 Å². The van der Waals surface area contributed by atoms with Crippen LogP contribution in [0.25, 0.3) is 11.0 Å². The summed E-state index contributed by atoms with van der Waals surface area (Å²) in [6.07, 6.45) is 12.4. The predicted octanol–water partition coefficient (Wildman–Crippen LogP) is 11.9. The minimum Gasteiger partial charge on any atom is -0.493 e. The van der Waals surface area contributed by atoms with E-state index in [2.05, 4.69) is 117 Å². The number of piperidine rings is 1. The first-order chi connectivity index (χ1) is 33.4. The van der Waals surface area contributed by atoms with Crippen molar-refractivity contribution in [2.45, 2.75) is 112 Å². The molecular formula is C57H71N7O4S. The number of benzene rings is 4. The van der Waals surface area contributed by atoms with E-state index in [0.29, 0.717) is 35.1 Å². The second kappa shape index (κ2) is 20.1. The number of aromatic nitrogens is 2. The lowest BCUT2D eigenvalue weighted by Gasteiger charge is -2.58. The first-order valence-electron chi connectivity index (χ1n) is 25.3. The lowest BCUT2D eigenvalue weighted by molar-refractivity contribution is -0.0628. The molecule has 1 atom stereocenters. The van der Waals surface area contributed by atoms with Gasteiger partial charge in [0.2, 0.25) is 0 Å². The van der Waals surface area contributed by atoms with Crippen LogP contribution in [0.5, 0.6) is 23.0 Å². The van der Waals surface area contributed by atoms with Gasteiger partial charge in [-0.1, -0.05) is 55.9 Å². The van der Waals surface area contributed by atoms with E-state index in [0.717, 1.165) is 121 Å². The molecule has 11 nitrogen and oxygen atoms in total. The Bertz CT molecular complexity index is 2710. The van der Waals surface area contributed by atoms with Gasteiger partial charge in [-0.3, -0.25) is 9.80 Å². The molecule has 6 aromatic rings. The molecule has 4 heterocycles. The number of nitrogens with two attached hydrogens (primary N) is 1. The number of nitrogen functional groups attached to an aromatic ring is 1. The van der Waals surface area contributed by atoms with E-state index in [1.165, 1.54) is 48.1 Å². The monoisotopic (exact) mass is 950 g/mol. The van der Waals surface area contributed by atoms with Gasteiger partial charge >= 0.3 is 0 Å². The number of hydrogen-bond donors (Lipinski definition) is 4. The maximum atomic E-state index is 10.4. The molecule has 0 radical (unpaired) electrons. The topological polar surface area (TPSA) is 124 Å². The summed E-state index contributed by atoms with van der Waals surface area (Å²) in [4.78, 5) is 18.0. The molecule has 2 aliphatic carbocycles. The van der Waals surface area contributed by atoms with E-state index >= 15 is 0 Å². The van der Waals surface area contributed by atoms with Gasteiger partial charge in [-0.2, -0.15) is 0 Å². The SMILES string of the molecule is COc1ccc(CN2CCN(C3CC4(CCN(c5ccc(Sc6ccc(NC[C@H]7CC[C@](C)(O)CC7)c(N)c6)c(Oc6cnc7[nH]ccc7c6)c5)CC4)C3)[C@H](c3ccccc3C(C)C)C2)cc1OC. The third-order valence-corrected chi connectivity index (χ3v) is 16.9. The molecular weight excluding hydrogens is 879 g/mol. The van der Waals surface area contributed by atoms with Gasteiger partial charge in [-0.05, 0) is 147 Å². The molecule has 2 aromatic heterocycles. The Labute approximate surface area is 413 Å². The largest absolute Gasteiger partial charge is 0.493 e. The highest BCUT2D eigenvalue weighted by Crippen LogP contribution is 2.54. The molecule has 10 rings (SSSR count). The number of H-pyrrole nitrogens is 1. The number of fused-ring (bicyclic) bond motifs is 1. The van der Waals surface area contributed by atoms with E-state index in [4.69, 9.17) is 19.9 Å². The van der Waals surface area contributed by atoms with Crippen LogP contribution in [0.4, 0.5) is 17.1 Å². The second-order valence-electron chi connectivity index (χ2n) is 21.0. The lowest BCUT2D eigenvalue weighted by atomic mass is 9.59. The maximum Gasteiger partial charge on any atom is 0.161 e. The Balaban J connectivity index is 0.815. The number of aromatic amines is 1. The summed E-state index contributed by atoms with van der Waals surface area (Å²) in [5, 5.41) is 15.0. The van der Waals surface area contributed by atoms with Crippen LogP contribution in [0.3, 0.4) is 0 Å². The van der Waals surface area contributed by atoms with Crippen molar-refractivity contribution >= 4 is 39.9 Å². The van der Waals surface area contributed by atoms with Gasteiger partial charge in [0.15, 0.2) is 11.5 Å². The van der Waals surface area contributed by atoms with Crippen molar-refractivity contribution < 1.29 is 19.3 Å². The number of nitrogens with zero attached hydrogens (tertiary/aromatic N) is 4. The van der Waals surface area contributed by atoms with E-state index in [1.54, 1.807) is 32.2 Å². The summed E-state index contributed by atoms with van der Waals surface area (Å²) in [6.45, 7) is 13.5. The molecule has 5 N–H and O–H groups in total. The van der Waals surface area contributed by atoms with Crippen molar-refractivity contribution in [1.29, 1.82) is 0 Å². The highest BCUT2D eigenvalue weighted by Gasteiger charge is 2.50. The number of rotatable bonds is 15. The van der Waals surface area contributed by atoms with Crippen LogP contribution >= 0.6 is 11.8 Å². The number of piperazine rings is 1. The first kappa shape index (κ1) is 47.3. The summed E-state index contributed by atoms with van der Waals surface area (Å²) in [5.41, 5.74) is 14.4. The Morgan fingerprint density at radius 1 is 0.870 bits per heavy atom. The number of nitrogens with one attached hydrogen (secondary N) is 2. The third kappa shape index (κ3) is 10.6. The Morgan fingerprint density at radius 3 is 2.43 bits per heavy atom. The van der Waals surface area contributed by atoms with Crippen LogP contribution in [0.15, 0.2) is 113 Å². The van der Waals surface area contributed by atoms with Crippen LogP contribution in [0.2, 0.25) is 0 Å². The lowest BCUT2D eigenvalue weighted by Crippen LogP contribution is -2.60. The third-order valence-electron chi connectivity index (χ3n) is 15.9. The molecule has 0 amide bonds. The molecule has 4 fully saturated rings. The smallest absolute Gasteiger partial charge is 0.161 e.